The number of aryl methyl sites for hydroxylation is 1. The first kappa shape index (κ1) is 15.0. The van der Waals surface area contributed by atoms with Gasteiger partial charge in [0.1, 0.15) is 5.69 Å². The predicted molar refractivity (Wildman–Crippen MR) is 84.9 cm³/mol. The van der Waals surface area contributed by atoms with Crippen LogP contribution in [-0.2, 0) is 11.2 Å². The van der Waals surface area contributed by atoms with Gasteiger partial charge in [-0.1, -0.05) is 23.4 Å². The van der Waals surface area contributed by atoms with E-state index < -0.39 is 0 Å². The molecule has 1 atom stereocenters. The van der Waals surface area contributed by atoms with Gasteiger partial charge in [-0.05, 0) is 32.0 Å². The van der Waals surface area contributed by atoms with E-state index in [1.165, 1.54) is 0 Å². The van der Waals surface area contributed by atoms with Crippen molar-refractivity contribution in [2.45, 2.75) is 26.3 Å². The molecular weight excluding hydrogens is 292 g/mol. The zero-order valence-electron chi connectivity index (χ0n) is 13.0. The number of H-pyrrole nitrogens is 1. The Bertz CT molecular complexity index is 792. The Kier molecular flexibility index (Phi) is 4.18. The summed E-state index contributed by atoms with van der Waals surface area (Å²) in [5, 5.41) is 18.0. The molecular formula is C16H18N6O. The fraction of sp³-hybridized carbons (Fsp3) is 0.250. The minimum atomic E-state index is -0.222. The van der Waals surface area contributed by atoms with E-state index in [0.717, 1.165) is 17.1 Å². The van der Waals surface area contributed by atoms with E-state index in [2.05, 4.69) is 25.8 Å². The van der Waals surface area contributed by atoms with Gasteiger partial charge < -0.3 is 5.32 Å². The second kappa shape index (κ2) is 6.43. The second-order valence-corrected chi connectivity index (χ2v) is 5.43. The minimum absolute atomic E-state index is 0.0988. The molecule has 23 heavy (non-hydrogen) atoms. The second-order valence-electron chi connectivity index (χ2n) is 5.43. The Morgan fingerprint density at radius 3 is 2.83 bits per heavy atom. The number of carbonyl (C=O) groups excluding carboxylic acids is 1. The van der Waals surface area contributed by atoms with Crippen LogP contribution >= 0.6 is 0 Å². The van der Waals surface area contributed by atoms with Crippen LogP contribution in [-0.4, -0.2) is 31.1 Å². The molecule has 7 nitrogen and oxygen atoms in total. The van der Waals surface area contributed by atoms with Crippen LogP contribution in [0.15, 0.2) is 42.6 Å². The zero-order valence-corrected chi connectivity index (χ0v) is 13.0. The van der Waals surface area contributed by atoms with Crippen molar-refractivity contribution in [3.05, 3.63) is 59.7 Å². The summed E-state index contributed by atoms with van der Waals surface area (Å²) >= 11 is 0. The summed E-state index contributed by atoms with van der Waals surface area (Å²) in [6, 6.07) is 11.3. The zero-order chi connectivity index (χ0) is 16.2. The van der Waals surface area contributed by atoms with E-state index in [-0.39, 0.29) is 18.4 Å². The molecule has 0 aliphatic heterocycles. The third kappa shape index (κ3) is 3.63. The lowest BCUT2D eigenvalue weighted by Gasteiger charge is -2.10. The Labute approximate surface area is 133 Å². The average Bonchev–Trinajstić information content (AvgIpc) is 3.17. The Balaban J connectivity index is 1.63. The summed E-state index contributed by atoms with van der Waals surface area (Å²) in [5.74, 6) is -0.0988. The van der Waals surface area contributed by atoms with Crippen LogP contribution in [0, 0.1) is 6.92 Å². The number of nitrogens with one attached hydrogen (secondary N) is 2. The highest BCUT2D eigenvalue weighted by atomic mass is 16.1. The summed E-state index contributed by atoms with van der Waals surface area (Å²) in [5.41, 5.74) is 3.30. The summed E-state index contributed by atoms with van der Waals surface area (Å²) in [6.07, 6.45) is 2.06. The molecule has 0 saturated heterocycles. The molecule has 3 aromatic rings. The summed E-state index contributed by atoms with van der Waals surface area (Å²) < 4.78 is 1.69. The Morgan fingerprint density at radius 2 is 2.13 bits per heavy atom. The lowest BCUT2D eigenvalue weighted by atomic mass is 10.2. The van der Waals surface area contributed by atoms with Crippen LogP contribution in [0.1, 0.15) is 30.0 Å². The standard InChI is InChI=1S/C16H18N6O/c1-11-8-13(19-18-11)9-16(23)17-12(2)15-10-22(21-20-15)14-6-4-3-5-7-14/h3-8,10,12H,9H2,1-2H3,(H,17,23)(H,18,19)/t12-/m1/s1. The fourth-order valence-corrected chi connectivity index (χ4v) is 2.28. The first-order valence-electron chi connectivity index (χ1n) is 7.40. The first-order valence-corrected chi connectivity index (χ1v) is 7.40. The molecule has 7 heteroatoms. The van der Waals surface area contributed by atoms with Crippen LogP contribution in [0.3, 0.4) is 0 Å². The molecule has 0 saturated carbocycles. The molecule has 118 valence electrons. The molecule has 0 aliphatic carbocycles. The molecule has 2 aromatic heterocycles. The molecule has 0 spiro atoms. The lowest BCUT2D eigenvalue weighted by Crippen LogP contribution is -2.28. The van der Waals surface area contributed by atoms with Gasteiger partial charge in [0.25, 0.3) is 0 Å². The Hall–Kier alpha value is -2.96. The van der Waals surface area contributed by atoms with E-state index in [1.807, 2.05) is 56.4 Å². The molecule has 0 unspecified atom stereocenters. The van der Waals surface area contributed by atoms with Gasteiger partial charge in [-0.15, -0.1) is 5.10 Å². The molecule has 1 amide bonds. The van der Waals surface area contributed by atoms with E-state index in [4.69, 9.17) is 0 Å². The molecule has 0 bridgehead atoms. The van der Waals surface area contributed by atoms with Crippen LogP contribution < -0.4 is 5.32 Å². The predicted octanol–water partition coefficient (Wildman–Crippen LogP) is 1.72. The maximum Gasteiger partial charge on any atom is 0.226 e. The van der Waals surface area contributed by atoms with Gasteiger partial charge >= 0.3 is 0 Å². The highest BCUT2D eigenvalue weighted by Crippen LogP contribution is 2.12. The minimum Gasteiger partial charge on any atom is -0.348 e. The van der Waals surface area contributed by atoms with Gasteiger partial charge in [0.15, 0.2) is 0 Å². The van der Waals surface area contributed by atoms with Crippen molar-refractivity contribution in [2.75, 3.05) is 0 Å². The number of hydrogen-bond donors (Lipinski definition) is 2. The lowest BCUT2D eigenvalue weighted by molar-refractivity contribution is -0.121. The Morgan fingerprint density at radius 1 is 1.35 bits per heavy atom. The smallest absolute Gasteiger partial charge is 0.226 e. The molecule has 2 heterocycles. The maximum atomic E-state index is 12.1. The van der Waals surface area contributed by atoms with Crippen molar-refractivity contribution in [3.63, 3.8) is 0 Å². The number of carbonyl (C=O) groups is 1. The number of benzene rings is 1. The van der Waals surface area contributed by atoms with Crippen molar-refractivity contribution < 1.29 is 4.79 Å². The highest BCUT2D eigenvalue weighted by Gasteiger charge is 2.14. The van der Waals surface area contributed by atoms with Crippen molar-refractivity contribution >= 4 is 5.91 Å². The van der Waals surface area contributed by atoms with Gasteiger partial charge in [-0.3, -0.25) is 9.89 Å². The topological polar surface area (TPSA) is 88.5 Å². The van der Waals surface area contributed by atoms with E-state index in [1.54, 1.807) is 4.68 Å². The van der Waals surface area contributed by atoms with Crippen molar-refractivity contribution in [3.8, 4) is 5.69 Å². The van der Waals surface area contributed by atoms with Crippen LogP contribution in [0.2, 0.25) is 0 Å². The van der Waals surface area contributed by atoms with Gasteiger partial charge in [-0.2, -0.15) is 5.10 Å². The van der Waals surface area contributed by atoms with Gasteiger partial charge in [-0.25, -0.2) is 4.68 Å². The molecule has 2 N–H and O–H groups in total. The molecule has 0 aliphatic rings. The van der Waals surface area contributed by atoms with Crippen molar-refractivity contribution in [2.24, 2.45) is 0 Å². The van der Waals surface area contributed by atoms with Crippen LogP contribution in [0.4, 0.5) is 0 Å². The third-order valence-corrected chi connectivity index (χ3v) is 3.45. The quantitative estimate of drug-likeness (QED) is 0.751. The maximum absolute atomic E-state index is 12.1. The largest absolute Gasteiger partial charge is 0.348 e. The van der Waals surface area contributed by atoms with Crippen molar-refractivity contribution in [1.82, 2.24) is 30.5 Å². The van der Waals surface area contributed by atoms with E-state index in [0.29, 0.717) is 5.69 Å². The molecule has 0 fully saturated rings. The van der Waals surface area contributed by atoms with Crippen LogP contribution in [0.5, 0.6) is 0 Å². The normalized spacial score (nSPS) is 12.1. The third-order valence-electron chi connectivity index (χ3n) is 3.45. The summed E-state index contributed by atoms with van der Waals surface area (Å²) in [4.78, 5) is 12.1. The molecule has 3 rings (SSSR count). The summed E-state index contributed by atoms with van der Waals surface area (Å²) in [7, 11) is 0. The first-order chi connectivity index (χ1) is 11.1. The number of hydrogen-bond acceptors (Lipinski definition) is 4. The monoisotopic (exact) mass is 310 g/mol. The summed E-state index contributed by atoms with van der Waals surface area (Å²) in [6.45, 7) is 3.78. The number of nitrogens with zero attached hydrogens (tertiary/aromatic N) is 4. The fourth-order valence-electron chi connectivity index (χ4n) is 2.28. The number of para-hydroxylation sites is 1. The molecule has 1 aromatic carbocycles. The van der Waals surface area contributed by atoms with E-state index >= 15 is 0 Å². The highest BCUT2D eigenvalue weighted by molar-refractivity contribution is 5.78. The average molecular weight is 310 g/mol. The van der Waals surface area contributed by atoms with E-state index in [9.17, 15) is 4.79 Å². The number of rotatable bonds is 5. The van der Waals surface area contributed by atoms with Gasteiger partial charge in [0.2, 0.25) is 5.91 Å². The number of amides is 1. The van der Waals surface area contributed by atoms with Gasteiger partial charge in [0, 0.05) is 5.69 Å². The van der Waals surface area contributed by atoms with Crippen molar-refractivity contribution in [1.29, 1.82) is 0 Å². The number of aromatic nitrogens is 5. The van der Waals surface area contributed by atoms with Gasteiger partial charge in [0.05, 0.1) is 30.0 Å². The van der Waals surface area contributed by atoms with Crippen LogP contribution in [0.25, 0.3) is 5.69 Å². The molecule has 0 radical (unpaired) electrons. The number of aromatic amines is 1. The SMILES string of the molecule is Cc1cc(CC(=O)N[C@H](C)c2cn(-c3ccccc3)nn2)n[nH]1.